The van der Waals surface area contributed by atoms with Crippen LogP contribution in [0.25, 0.3) is 0 Å². The second kappa shape index (κ2) is 11.9. The molecule has 0 bridgehead atoms. The molecule has 0 heterocycles. The van der Waals surface area contributed by atoms with Gasteiger partial charge in [-0.3, -0.25) is 9.59 Å². The van der Waals surface area contributed by atoms with Gasteiger partial charge in [0.1, 0.15) is 11.6 Å². The van der Waals surface area contributed by atoms with E-state index in [9.17, 15) is 32.3 Å². The molecular formula is C23H22Br2F4N4O3. The molecule has 2 aromatic rings. The van der Waals surface area contributed by atoms with E-state index in [0.717, 1.165) is 18.2 Å². The van der Waals surface area contributed by atoms with E-state index >= 15 is 0 Å². The number of benzene rings is 2. The molecule has 13 heteroatoms. The van der Waals surface area contributed by atoms with Gasteiger partial charge in [0.05, 0.1) is 24.2 Å². The maximum atomic E-state index is 13.7. The van der Waals surface area contributed by atoms with Gasteiger partial charge in [-0.2, -0.15) is 13.2 Å². The maximum Gasteiger partial charge on any atom is 0.420 e. The third-order valence-electron chi connectivity index (χ3n) is 5.10. The molecule has 0 fully saturated rings. The van der Waals surface area contributed by atoms with Crippen LogP contribution in [0.2, 0.25) is 0 Å². The maximum absolute atomic E-state index is 13.7. The third kappa shape index (κ3) is 6.86. The van der Waals surface area contributed by atoms with Gasteiger partial charge in [-0.15, -0.1) is 0 Å². The van der Waals surface area contributed by atoms with Crippen LogP contribution in [0.3, 0.4) is 0 Å². The molecule has 0 saturated heterocycles. The predicted molar refractivity (Wildman–Crippen MR) is 134 cm³/mol. The number of nitrogens with zero attached hydrogens (tertiary/aromatic N) is 1. The predicted octanol–water partition coefficient (Wildman–Crippen LogP) is 3.98. The monoisotopic (exact) mass is 636 g/mol. The minimum absolute atomic E-state index is 0.0274. The molecule has 7 nitrogen and oxygen atoms in total. The number of aliphatic hydroxyl groups is 1. The van der Waals surface area contributed by atoms with Gasteiger partial charge in [0.15, 0.2) is 5.60 Å². The standard InChI is InChI=1S/C23H22Br2F4N4O3/c1-3-15(19(30)33(2)14-9-7-13(26)8-10-14)20(34)31-11-22(36,23(27,28)29)12-32-21(35)18-16(24)5-4-6-17(18)25/h3-10,36H,1,11-12,30H2,2H3,(H,31,34)(H,32,35)/b19-15+. The lowest BCUT2D eigenvalue weighted by atomic mass is 10.0. The van der Waals surface area contributed by atoms with Crippen molar-refractivity contribution in [1.29, 1.82) is 0 Å². The number of rotatable bonds is 9. The van der Waals surface area contributed by atoms with Crippen LogP contribution in [0.15, 0.2) is 75.5 Å². The Labute approximate surface area is 221 Å². The van der Waals surface area contributed by atoms with Crippen molar-refractivity contribution in [2.45, 2.75) is 11.8 Å². The summed E-state index contributed by atoms with van der Waals surface area (Å²) in [5.41, 5.74) is 2.62. The minimum atomic E-state index is -5.22. The fourth-order valence-corrected chi connectivity index (χ4v) is 4.27. The van der Waals surface area contributed by atoms with Crippen LogP contribution in [0.4, 0.5) is 23.2 Å². The van der Waals surface area contributed by atoms with Crippen molar-refractivity contribution in [3.8, 4) is 0 Å². The first-order valence-electron chi connectivity index (χ1n) is 10.1. The lowest BCUT2D eigenvalue weighted by Gasteiger charge is -2.31. The van der Waals surface area contributed by atoms with Crippen molar-refractivity contribution in [3.05, 3.63) is 86.8 Å². The number of alkyl halides is 3. The molecule has 5 N–H and O–H groups in total. The lowest BCUT2D eigenvalue weighted by Crippen LogP contribution is -2.60. The van der Waals surface area contributed by atoms with Gasteiger partial charge in [-0.25, -0.2) is 4.39 Å². The van der Waals surface area contributed by atoms with E-state index in [4.69, 9.17) is 5.73 Å². The van der Waals surface area contributed by atoms with Crippen LogP contribution in [-0.4, -0.2) is 48.8 Å². The average Bonchev–Trinajstić information content (AvgIpc) is 2.81. The van der Waals surface area contributed by atoms with Crippen LogP contribution in [0.5, 0.6) is 0 Å². The summed E-state index contributed by atoms with van der Waals surface area (Å²) in [4.78, 5) is 26.4. The molecule has 0 radical (unpaired) electrons. The number of nitrogens with two attached hydrogens (primary N) is 1. The SMILES string of the molecule is C=C/C(C(=O)NCC(O)(CNC(=O)c1c(Br)cccc1Br)C(F)(F)F)=C(/N)N(C)c1ccc(F)cc1. The second-order valence-corrected chi connectivity index (χ2v) is 9.24. The summed E-state index contributed by atoms with van der Waals surface area (Å²) in [7, 11) is 1.46. The number of carbonyl (C=O) groups excluding carboxylic acids is 2. The normalized spacial score (nSPS) is 13.8. The van der Waals surface area contributed by atoms with Gasteiger partial charge in [-0.1, -0.05) is 18.7 Å². The molecule has 2 amide bonds. The third-order valence-corrected chi connectivity index (χ3v) is 6.42. The zero-order valence-corrected chi connectivity index (χ0v) is 22.0. The molecule has 1 unspecified atom stereocenters. The van der Waals surface area contributed by atoms with E-state index in [-0.39, 0.29) is 17.0 Å². The highest BCUT2D eigenvalue weighted by Crippen LogP contribution is 2.30. The van der Waals surface area contributed by atoms with Crippen molar-refractivity contribution < 1.29 is 32.3 Å². The fourth-order valence-electron chi connectivity index (χ4n) is 2.91. The van der Waals surface area contributed by atoms with Crippen molar-refractivity contribution in [3.63, 3.8) is 0 Å². The molecule has 0 aromatic heterocycles. The van der Waals surface area contributed by atoms with Gasteiger partial charge in [0.2, 0.25) is 0 Å². The van der Waals surface area contributed by atoms with E-state index in [1.54, 1.807) is 6.07 Å². The summed E-state index contributed by atoms with van der Waals surface area (Å²) in [6.45, 7) is 0.918. The lowest BCUT2D eigenvalue weighted by molar-refractivity contribution is -0.254. The minimum Gasteiger partial charge on any atom is -0.384 e. The van der Waals surface area contributed by atoms with E-state index in [0.29, 0.717) is 14.6 Å². The Kier molecular flexibility index (Phi) is 9.69. The molecule has 36 heavy (non-hydrogen) atoms. The summed E-state index contributed by atoms with van der Waals surface area (Å²) >= 11 is 6.29. The van der Waals surface area contributed by atoms with E-state index in [2.05, 4.69) is 38.4 Å². The first-order valence-corrected chi connectivity index (χ1v) is 11.7. The zero-order valence-electron chi connectivity index (χ0n) is 18.8. The fraction of sp³-hybridized carbons (Fsp3) is 0.217. The highest BCUT2D eigenvalue weighted by Gasteiger charge is 2.54. The van der Waals surface area contributed by atoms with Crippen LogP contribution in [0.1, 0.15) is 10.4 Å². The molecular weight excluding hydrogens is 616 g/mol. The first-order chi connectivity index (χ1) is 16.7. The molecule has 2 aromatic carbocycles. The molecule has 0 aliphatic carbocycles. The van der Waals surface area contributed by atoms with E-state index in [1.165, 1.54) is 36.2 Å². The molecule has 1 atom stereocenters. The largest absolute Gasteiger partial charge is 0.420 e. The van der Waals surface area contributed by atoms with Gasteiger partial charge < -0.3 is 26.4 Å². The molecule has 2 rings (SSSR count). The number of halogens is 6. The Morgan fingerprint density at radius 1 is 1.08 bits per heavy atom. The number of hydrogen-bond acceptors (Lipinski definition) is 5. The molecule has 0 spiro atoms. The van der Waals surface area contributed by atoms with Gasteiger partial charge in [-0.05, 0) is 68.3 Å². The van der Waals surface area contributed by atoms with Crippen molar-refractivity contribution in [1.82, 2.24) is 10.6 Å². The summed E-state index contributed by atoms with van der Waals surface area (Å²) in [5, 5.41) is 14.4. The van der Waals surface area contributed by atoms with Crippen molar-refractivity contribution in [2.75, 3.05) is 25.0 Å². The quantitative estimate of drug-likeness (QED) is 0.189. The summed E-state index contributed by atoms with van der Waals surface area (Å²) in [6, 6.07) is 9.74. The van der Waals surface area contributed by atoms with E-state index < -0.39 is 42.5 Å². The smallest absolute Gasteiger partial charge is 0.384 e. The Morgan fingerprint density at radius 2 is 1.61 bits per heavy atom. The van der Waals surface area contributed by atoms with Crippen LogP contribution >= 0.6 is 31.9 Å². The Morgan fingerprint density at radius 3 is 2.11 bits per heavy atom. The summed E-state index contributed by atoms with van der Waals surface area (Å²) in [6.07, 6.45) is -4.18. The number of nitrogens with one attached hydrogen (secondary N) is 2. The molecule has 0 aliphatic rings. The Bertz CT molecular complexity index is 1150. The Balaban J connectivity index is 2.19. The second-order valence-electron chi connectivity index (χ2n) is 7.53. The highest BCUT2D eigenvalue weighted by molar-refractivity contribution is 9.11. The average molecular weight is 638 g/mol. The summed E-state index contributed by atoms with van der Waals surface area (Å²) in [5.74, 6) is -2.63. The van der Waals surface area contributed by atoms with Gasteiger partial charge >= 0.3 is 6.18 Å². The number of carbonyl (C=O) groups is 2. The summed E-state index contributed by atoms with van der Waals surface area (Å²) < 4.78 is 55.0. The molecule has 194 valence electrons. The number of anilines is 1. The van der Waals surface area contributed by atoms with Crippen molar-refractivity contribution >= 4 is 49.4 Å². The van der Waals surface area contributed by atoms with Gasteiger partial charge in [0, 0.05) is 21.7 Å². The van der Waals surface area contributed by atoms with Crippen molar-refractivity contribution in [2.24, 2.45) is 5.73 Å². The number of hydrogen-bond donors (Lipinski definition) is 4. The molecule has 0 aliphatic heterocycles. The van der Waals surface area contributed by atoms with E-state index in [1.807, 2.05) is 10.6 Å². The highest BCUT2D eigenvalue weighted by atomic mass is 79.9. The zero-order chi connectivity index (χ0) is 27.3. The topological polar surface area (TPSA) is 108 Å². The van der Waals surface area contributed by atoms with Crippen LogP contribution in [0, 0.1) is 5.82 Å². The van der Waals surface area contributed by atoms with Crippen LogP contribution in [-0.2, 0) is 4.79 Å². The van der Waals surface area contributed by atoms with Gasteiger partial charge in [0.25, 0.3) is 11.8 Å². The Hall–Kier alpha value is -2.90. The first kappa shape index (κ1) is 29.3. The van der Waals surface area contributed by atoms with Crippen LogP contribution < -0.4 is 21.3 Å². The molecule has 0 saturated carbocycles. The number of amides is 2.